The van der Waals surface area contributed by atoms with Gasteiger partial charge in [0.15, 0.2) is 0 Å². The molecule has 0 saturated carbocycles. The predicted molar refractivity (Wildman–Crippen MR) is 156 cm³/mol. The van der Waals surface area contributed by atoms with Crippen molar-refractivity contribution in [3.63, 3.8) is 0 Å². The van der Waals surface area contributed by atoms with Gasteiger partial charge in [0.25, 0.3) is 0 Å². The monoisotopic (exact) mass is 478 g/mol. The lowest BCUT2D eigenvalue weighted by molar-refractivity contribution is 0.569. The Bertz CT molecular complexity index is 947. The normalized spacial score (nSPS) is 11.3. The molecule has 3 aromatic carbocycles. The van der Waals surface area contributed by atoms with Crippen LogP contribution in [0.2, 0.25) is 0 Å². The fraction of sp³-hybridized carbons (Fsp3) is 0.471. The molecule has 194 valence electrons. The maximum atomic E-state index is 13.1. The number of benzene rings is 3. The lowest BCUT2D eigenvalue weighted by atomic mass is 9.86. The molecule has 0 N–H and O–H groups in total. The van der Waals surface area contributed by atoms with Crippen LogP contribution in [0.15, 0.2) is 66.7 Å². The minimum absolute atomic E-state index is 0. The van der Waals surface area contributed by atoms with Crippen LogP contribution in [0.25, 0.3) is 0 Å². The molecule has 0 heterocycles. The van der Waals surface area contributed by atoms with Gasteiger partial charge in [-0.2, -0.15) is 0 Å². The summed E-state index contributed by atoms with van der Waals surface area (Å²) in [6.45, 7) is 25.7. The van der Waals surface area contributed by atoms with Gasteiger partial charge in [-0.3, -0.25) is 0 Å². The molecular formula is C34H51F. The van der Waals surface area contributed by atoms with Gasteiger partial charge < -0.3 is 0 Å². The zero-order valence-electron chi connectivity index (χ0n) is 23.7. The Labute approximate surface area is 217 Å². The highest BCUT2D eigenvalue weighted by Gasteiger charge is 2.14. The highest BCUT2D eigenvalue weighted by molar-refractivity contribution is 5.29. The molecule has 3 rings (SSSR count). The molecule has 0 aliphatic heterocycles. The summed E-state index contributed by atoms with van der Waals surface area (Å²) in [4.78, 5) is 0. The molecule has 0 unspecified atom stereocenters. The Kier molecular flexibility index (Phi) is 12.2. The highest BCUT2D eigenvalue weighted by Crippen LogP contribution is 2.24. The van der Waals surface area contributed by atoms with E-state index in [1.807, 2.05) is 12.1 Å². The number of rotatable bonds is 0. The summed E-state index contributed by atoms with van der Waals surface area (Å²) >= 11 is 0. The predicted octanol–water partition coefficient (Wildman–Crippen LogP) is 10.7. The van der Waals surface area contributed by atoms with Crippen LogP contribution in [-0.2, 0) is 16.2 Å². The van der Waals surface area contributed by atoms with E-state index in [2.05, 4.69) is 125 Å². The van der Waals surface area contributed by atoms with Crippen LogP contribution in [0.4, 0.5) is 4.39 Å². The molecule has 0 saturated heterocycles. The first kappa shape index (κ1) is 32.6. The van der Waals surface area contributed by atoms with E-state index < -0.39 is 0 Å². The van der Waals surface area contributed by atoms with Crippen molar-refractivity contribution in [1.29, 1.82) is 0 Å². The smallest absolute Gasteiger partial charge is 0.126 e. The highest BCUT2D eigenvalue weighted by atomic mass is 19.1. The van der Waals surface area contributed by atoms with Crippen molar-refractivity contribution in [2.75, 3.05) is 0 Å². The Morgan fingerprint density at radius 3 is 1.00 bits per heavy atom. The molecular weight excluding hydrogens is 427 g/mol. The van der Waals surface area contributed by atoms with Crippen LogP contribution in [0.5, 0.6) is 0 Å². The summed E-state index contributed by atoms with van der Waals surface area (Å²) in [7, 11) is 0. The van der Waals surface area contributed by atoms with E-state index in [1.54, 1.807) is 13.0 Å². The molecule has 0 nitrogen and oxygen atoms in total. The summed E-state index contributed by atoms with van der Waals surface area (Å²) in [6, 6.07) is 22.9. The molecule has 0 spiro atoms. The minimum Gasteiger partial charge on any atom is -0.207 e. The topological polar surface area (TPSA) is 0 Å². The lowest BCUT2D eigenvalue weighted by Crippen LogP contribution is -2.11. The molecule has 0 bridgehead atoms. The molecule has 0 amide bonds. The second-order valence-electron chi connectivity index (χ2n) is 12.4. The van der Waals surface area contributed by atoms with Crippen LogP contribution in [-0.4, -0.2) is 0 Å². The quantitative estimate of drug-likeness (QED) is 0.301. The Balaban J connectivity index is 0.000000489. The Morgan fingerprint density at radius 2 is 0.743 bits per heavy atom. The van der Waals surface area contributed by atoms with Crippen molar-refractivity contribution in [3.05, 3.63) is 106 Å². The van der Waals surface area contributed by atoms with Crippen molar-refractivity contribution in [1.82, 2.24) is 0 Å². The van der Waals surface area contributed by atoms with Crippen LogP contribution >= 0.6 is 0 Å². The molecule has 0 aliphatic rings. The maximum absolute atomic E-state index is 13.1. The van der Waals surface area contributed by atoms with Crippen LogP contribution < -0.4 is 0 Å². The van der Waals surface area contributed by atoms with Gasteiger partial charge in [-0.05, 0) is 65.3 Å². The fourth-order valence-corrected chi connectivity index (χ4v) is 3.17. The third-order valence-corrected chi connectivity index (χ3v) is 5.87. The Hall–Kier alpha value is -2.41. The van der Waals surface area contributed by atoms with E-state index in [-0.39, 0.29) is 29.5 Å². The van der Waals surface area contributed by atoms with Gasteiger partial charge >= 0.3 is 0 Å². The average molecular weight is 479 g/mol. The summed E-state index contributed by atoms with van der Waals surface area (Å²) < 4.78 is 13.1. The summed E-state index contributed by atoms with van der Waals surface area (Å²) in [5.74, 6) is -0.109. The number of hydrogen-bond donors (Lipinski definition) is 0. The molecule has 0 atom stereocenters. The lowest BCUT2D eigenvalue weighted by Gasteiger charge is -2.19. The van der Waals surface area contributed by atoms with Gasteiger partial charge in [0.2, 0.25) is 0 Å². The SMILES string of the molecule is C.Cc1ccc(C(C)(C)C)cc1.Cc1ccc(C(C)(C)C)cc1.Cc1ccc(C(C)(C)C)cc1F. The van der Waals surface area contributed by atoms with Crippen molar-refractivity contribution in [2.24, 2.45) is 0 Å². The average Bonchev–Trinajstić information content (AvgIpc) is 2.69. The first-order valence-electron chi connectivity index (χ1n) is 12.3. The maximum Gasteiger partial charge on any atom is 0.126 e. The van der Waals surface area contributed by atoms with Gasteiger partial charge in [0.05, 0.1) is 0 Å². The van der Waals surface area contributed by atoms with Gasteiger partial charge in [-0.1, -0.05) is 142 Å². The van der Waals surface area contributed by atoms with E-state index >= 15 is 0 Å². The molecule has 0 aromatic heterocycles. The van der Waals surface area contributed by atoms with Crippen LogP contribution in [0, 0.1) is 26.6 Å². The van der Waals surface area contributed by atoms with Crippen molar-refractivity contribution in [3.8, 4) is 0 Å². The van der Waals surface area contributed by atoms with Gasteiger partial charge in [0, 0.05) is 0 Å². The van der Waals surface area contributed by atoms with Crippen molar-refractivity contribution < 1.29 is 4.39 Å². The molecule has 35 heavy (non-hydrogen) atoms. The standard InChI is InChI=1S/C11H15F.2C11H16.CH4/c1-8-5-6-9(7-10(8)12)11(2,3)4;2*1-9-5-7-10(8-6-9)11(2,3)4;/h5-7H,1-4H3;2*5-8H,1-4H3;1H4. The van der Waals surface area contributed by atoms with Gasteiger partial charge in [-0.15, -0.1) is 0 Å². The van der Waals surface area contributed by atoms with Gasteiger partial charge in [0.1, 0.15) is 5.82 Å². The Morgan fingerprint density at radius 1 is 0.457 bits per heavy atom. The second kappa shape index (κ2) is 13.1. The molecule has 3 aromatic rings. The number of aryl methyl sites for hydroxylation is 3. The minimum atomic E-state index is -0.109. The number of hydrogen-bond acceptors (Lipinski definition) is 0. The zero-order chi connectivity index (χ0) is 26.3. The molecule has 0 radical (unpaired) electrons. The molecule has 0 aliphatic carbocycles. The fourth-order valence-electron chi connectivity index (χ4n) is 3.17. The number of halogens is 1. The second-order valence-corrected chi connectivity index (χ2v) is 12.4. The van der Waals surface area contributed by atoms with Crippen molar-refractivity contribution >= 4 is 0 Å². The van der Waals surface area contributed by atoms with E-state index in [0.717, 1.165) is 5.56 Å². The summed E-state index contributed by atoms with van der Waals surface area (Å²) in [5.41, 5.74) is 7.84. The van der Waals surface area contributed by atoms with E-state index in [4.69, 9.17) is 0 Å². The van der Waals surface area contributed by atoms with E-state index in [0.29, 0.717) is 5.56 Å². The summed E-state index contributed by atoms with van der Waals surface area (Å²) in [6.07, 6.45) is 0. The molecule has 0 fully saturated rings. The largest absolute Gasteiger partial charge is 0.207 e. The van der Waals surface area contributed by atoms with Crippen LogP contribution in [0.1, 0.15) is 103 Å². The third kappa shape index (κ3) is 11.7. The first-order valence-corrected chi connectivity index (χ1v) is 12.3. The molecule has 1 heteroatoms. The first-order chi connectivity index (χ1) is 15.4. The zero-order valence-corrected chi connectivity index (χ0v) is 23.7. The van der Waals surface area contributed by atoms with Crippen LogP contribution in [0.3, 0.4) is 0 Å². The van der Waals surface area contributed by atoms with E-state index in [9.17, 15) is 4.39 Å². The third-order valence-electron chi connectivity index (χ3n) is 5.87. The van der Waals surface area contributed by atoms with Gasteiger partial charge in [-0.25, -0.2) is 4.39 Å². The van der Waals surface area contributed by atoms with Crippen molar-refractivity contribution in [2.45, 2.75) is 107 Å². The summed E-state index contributed by atoms with van der Waals surface area (Å²) in [5, 5.41) is 0. The van der Waals surface area contributed by atoms with E-state index in [1.165, 1.54) is 22.3 Å².